The summed E-state index contributed by atoms with van der Waals surface area (Å²) in [6.45, 7) is 1.84. The van der Waals surface area contributed by atoms with Crippen molar-refractivity contribution in [3.05, 3.63) is 59.5 Å². The van der Waals surface area contributed by atoms with Gasteiger partial charge in [0.1, 0.15) is 11.6 Å². The van der Waals surface area contributed by atoms with Gasteiger partial charge in [-0.15, -0.1) is 0 Å². The number of piperidine rings is 1. The number of anilines is 1. The van der Waals surface area contributed by atoms with Gasteiger partial charge < -0.3 is 10.2 Å². The summed E-state index contributed by atoms with van der Waals surface area (Å²) in [6, 6.07) is 11.0. The maximum absolute atomic E-state index is 14.3. The molecule has 1 aliphatic rings. The van der Waals surface area contributed by atoms with E-state index in [2.05, 4.69) is 10.3 Å². The summed E-state index contributed by atoms with van der Waals surface area (Å²) in [6.07, 6.45) is 0.639. The number of carbonyl (C=O) groups is 2. The lowest BCUT2D eigenvalue weighted by atomic mass is 9.83. The third-order valence-electron chi connectivity index (χ3n) is 4.56. The molecule has 0 radical (unpaired) electrons. The van der Waals surface area contributed by atoms with Gasteiger partial charge in [-0.1, -0.05) is 24.3 Å². The zero-order valence-corrected chi connectivity index (χ0v) is 14.2. The van der Waals surface area contributed by atoms with E-state index in [1.54, 1.807) is 31.3 Å². The Morgan fingerprint density at radius 3 is 2.72 bits per heavy atom. The van der Waals surface area contributed by atoms with Gasteiger partial charge in [0, 0.05) is 24.7 Å². The Kier molecular flexibility index (Phi) is 4.79. The van der Waals surface area contributed by atoms with Crippen molar-refractivity contribution in [2.45, 2.75) is 25.8 Å². The fourth-order valence-electron chi connectivity index (χ4n) is 3.28. The molecule has 2 heterocycles. The Hall–Kier alpha value is -2.76. The standard InChI is InChI=1S/C19H20FN3O2/c1-12-6-5-9-16(21-12)22-19(25)14-10-11-17(24)23(2)18(14)13-7-3-4-8-15(13)20/h3-9,14,18H,10-11H2,1-2H3,(H,21,22,25)/t14-,18+/m1/s1. The molecule has 1 aromatic heterocycles. The molecule has 6 heteroatoms. The summed E-state index contributed by atoms with van der Waals surface area (Å²) in [7, 11) is 1.61. The topological polar surface area (TPSA) is 62.3 Å². The molecule has 0 bridgehead atoms. The minimum absolute atomic E-state index is 0.0917. The predicted octanol–water partition coefficient (Wildman–Crippen LogP) is 3.08. The average molecular weight is 341 g/mol. The van der Waals surface area contributed by atoms with Crippen molar-refractivity contribution in [2.24, 2.45) is 5.92 Å². The largest absolute Gasteiger partial charge is 0.338 e. The third-order valence-corrected chi connectivity index (χ3v) is 4.56. The number of amides is 2. The fraction of sp³-hybridized carbons (Fsp3) is 0.316. The highest BCUT2D eigenvalue weighted by molar-refractivity contribution is 5.94. The Balaban J connectivity index is 1.90. The molecule has 2 atom stereocenters. The van der Waals surface area contributed by atoms with Crippen LogP contribution < -0.4 is 5.32 Å². The number of nitrogens with zero attached hydrogens (tertiary/aromatic N) is 2. The second-order valence-electron chi connectivity index (χ2n) is 6.27. The highest BCUT2D eigenvalue weighted by Crippen LogP contribution is 2.37. The van der Waals surface area contributed by atoms with E-state index in [0.29, 0.717) is 17.8 Å². The van der Waals surface area contributed by atoms with Gasteiger partial charge in [0.25, 0.3) is 0 Å². The maximum atomic E-state index is 14.3. The molecule has 1 saturated heterocycles. The molecule has 1 aliphatic heterocycles. The number of hydrogen-bond acceptors (Lipinski definition) is 3. The van der Waals surface area contributed by atoms with E-state index >= 15 is 0 Å². The van der Waals surface area contributed by atoms with Crippen molar-refractivity contribution in [3.63, 3.8) is 0 Å². The lowest BCUT2D eigenvalue weighted by Gasteiger charge is -2.38. The van der Waals surface area contributed by atoms with Crippen molar-refractivity contribution in [1.29, 1.82) is 0 Å². The van der Waals surface area contributed by atoms with Crippen LogP contribution in [0.2, 0.25) is 0 Å². The van der Waals surface area contributed by atoms with Gasteiger partial charge in [0.05, 0.1) is 12.0 Å². The molecule has 1 aromatic carbocycles. The average Bonchev–Trinajstić information content (AvgIpc) is 2.58. The summed E-state index contributed by atoms with van der Waals surface area (Å²) >= 11 is 0. The number of aromatic nitrogens is 1. The van der Waals surface area contributed by atoms with E-state index < -0.39 is 17.8 Å². The zero-order chi connectivity index (χ0) is 18.0. The first kappa shape index (κ1) is 17.1. The fourth-order valence-corrected chi connectivity index (χ4v) is 3.28. The Labute approximate surface area is 145 Å². The minimum Gasteiger partial charge on any atom is -0.338 e. The van der Waals surface area contributed by atoms with Gasteiger partial charge in [-0.05, 0) is 31.5 Å². The Morgan fingerprint density at radius 2 is 2.00 bits per heavy atom. The molecule has 0 aliphatic carbocycles. The molecule has 2 amide bonds. The SMILES string of the molecule is Cc1cccc(NC(=O)[C@@H]2CCC(=O)N(C)[C@H]2c2ccccc2F)n1. The van der Waals surface area contributed by atoms with Gasteiger partial charge in [-0.25, -0.2) is 9.37 Å². The number of pyridine rings is 1. The number of aryl methyl sites for hydroxylation is 1. The molecule has 25 heavy (non-hydrogen) atoms. The second-order valence-corrected chi connectivity index (χ2v) is 6.27. The van der Waals surface area contributed by atoms with Crippen LogP contribution in [0, 0.1) is 18.7 Å². The van der Waals surface area contributed by atoms with Crippen LogP contribution in [0.25, 0.3) is 0 Å². The lowest BCUT2D eigenvalue weighted by molar-refractivity contribution is -0.140. The first-order valence-electron chi connectivity index (χ1n) is 8.22. The first-order valence-corrected chi connectivity index (χ1v) is 8.22. The quantitative estimate of drug-likeness (QED) is 0.933. The molecule has 0 unspecified atom stereocenters. The van der Waals surface area contributed by atoms with E-state index in [4.69, 9.17) is 0 Å². The van der Waals surface area contributed by atoms with E-state index in [9.17, 15) is 14.0 Å². The number of benzene rings is 1. The highest BCUT2D eigenvalue weighted by Gasteiger charge is 2.40. The molecule has 130 valence electrons. The number of carbonyl (C=O) groups excluding carboxylic acids is 2. The van der Waals surface area contributed by atoms with E-state index in [0.717, 1.165) is 5.69 Å². The third kappa shape index (κ3) is 3.52. The van der Waals surface area contributed by atoms with Gasteiger partial charge >= 0.3 is 0 Å². The highest BCUT2D eigenvalue weighted by atomic mass is 19.1. The second kappa shape index (κ2) is 7.01. The van der Waals surface area contributed by atoms with Gasteiger partial charge in [0.2, 0.25) is 11.8 Å². The van der Waals surface area contributed by atoms with Crippen LogP contribution in [-0.4, -0.2) is 28.7 Å². The van der Waals surface area contributed by atoms with Crippen LogP contribution in [0.4, 0.5) is 10.2 Å². The molecule has 1 fully saturated rings. The molecule has 0 saturated carbocycles. The molecule has 2 aromatic rings. The van der Waals surface area contributed by atoms with Crippen LogP contribution in [0.1, 0.15) is 30.1 Å². The molecular formula is C19H20FN3O2. The monoisotopic (exact) mass is 341 g/mol. The Morgan fingerprint density at radius 1 is 1.24 bits per heavy atom. The molecule has 5 nitrogen and oxygen atoms in total. The van der Waals surface area contributed by atoms with Crippen molar-refractivity contribution >= 4 is 17.6 Å². The molecule has 3 rings (SSSR count). The zero-order valence-electron chi connectivity index (χ0n) is 14.2. The molecule has 0 spiro atoms. The van der Waals surface area contributed by atoms with Crippen LogP contribution in [0.3, 0.4) is 0 Å². The molecular weight excluding hydrogens is 321 g/mol. The van der Waals surface area contributed by atoms with Crippen molar-refractivity contribution in [2.75, 3.05) is 12.4 Å². The number of hydrogen-bond donors (Lipinski definition) is 1. The minimum atomic E-state index is -0.632. The van der Waals surface area contributed by atoms with E-state index in [1.165, 1.54) is 11.0 Å². The smallest absolute Gasteiger partial charge is 0.231 e. The Bertz CT molecular complexity index is 809. The summed E-state index contributed by atoms with van der Waals surface area (Å²) in [5, 5.41) is 2.80. The normalized spacial score (nSPS) is 20.4. The summed E-state index contributed by atoms with van der Waals surface area (Å²) in [5.74, 6) is -0.851. The summed E-state index contributed by atoms with van der Waals surface area (Å²) in [5.41, 5.74) is 1.15. The van der Waals surface area contributed by atoms with Crippen LogP contribution in [-0.2, 0) is 9.59 Å². The van der Waals surface area contributed by atoms with Gasteiger partial charge in [0.15, 0.2) is 0 Å². The van der Waals surface area contributed by atoms with Crippen LogP contribution in [0.5, 0.6) is 0 Å². The molecule has 1 N–H and O–H groups in total. The van der Waals surface area contributed by atoms with Crippen LogP contribution >= 0.6 is 0 Å². The summed E-state index contributed by atoms with van der Waals surface area (Å²) < 4.78 is 14.3. The predicted molar refractivity (Wildman–Crippen MR) is 92.2 cm³/mol. The van der Waals surface area contributed by atoms with Crippen molar-refractivity contribution in [3.8, 4) is 0 Å². The van der Waals surface area contributed by atoms with Gasteiger partial charge in [-0.2, -0.15) is 0 Å². The van der Waals surface area contributed by atoms with E-state index in [1.807, 2.05) is 19.1 Å². The number of halogens is 1. The number of nitrogens with one attached hydrogen (secondary N) is 1. The lowest BCUT2D eigenvalue weighted by Crippen LogP contribution is -2.45. The van der Waals surface area contributed by atoms with Crippen molar-refractivity contribution < 1.29 is 14.0 Å². The number of likely N-dealkylation sites (tertiary alicyclic amines) is 1. The first-order chi connectivity index (χ1) is 12.0. The van der Waals surface area contributed by atoms with Crippen molar-refractivity contribution in [1.82, 2.24) is 9.88 Å². The number of rotatable bonds is 3. The summed E-state index contributed by atoms with van der Waals surface area (Å²) in [4.78, 5) is 30.7. The van der Waals surface area contributed by atoms with Gasteiger partial charge in [-0.3, -0.25) is 9.59 Å². The van der Waals surface area contributed by atoms with E-state index in [-0.39, 0.29) is 18.2 Å². The van der Waals surface area contributed by atoms with Crippen LogP contribution in [0.15, 0.2) is 42.5 Å². The maximum Gasteiger partial charge on any atom is 0.231 e.